The largest absolute Gasteiger partial charge is 0.493 e. The van der Waals surface area contributed by atoms with Crippen LogP contribution in [0.25, 0.3) is 0 Å². The molecule has 1 unspecified atom stereocenters. The number of hydrogen-bond acceptors (Lipinski definition) is 6. The highest BCUT2D eigenvalue weighted by molar-refractivity contribution is 9.10. The molecule has 0 aliphatic carbocycles. The molecule has 1 heterocycles. The first-order chi connectivity index (χ1) is 14.4. The molecule has 0 aliphatic rings. The number of carbonyl (C=O) groups is 1. The zero-order valence-corrected chi connectivity index (χ0v) is 19.6. The monoisotopic (exact) mass is 490 g/mol. The molecule has 2 aromatic carbocycles. The van der Waals surface area contributed by atoms with Crippen LogP contribution in [0.2, 0.25) is 0 Å². The zero-order valence-electron chi connectivity index (χ0n) is 17.2. The van der Waals surface area contributed by atoms with Gasteiger partial charge in [0.1, 0.15) is 0 Å². The third-order valence-electron chi connectivity index (χ3n) is 4.38. The number of nitrogens with zero attached hydrogens (tertiary/aromatic N) is 3. The van der Waals surface area contributed by atoms with Gasteiger partial charge in [0.25, 0.3) is 0 Å². The van der Waals surface area contributed by atoms with E-state index >= 15 is 0 Å². The maximum absolute atomic E-state index is 12.3. The van der Waals surface area contributed by atoms with Crippen molar-refractivity contribution in [1.82, 2.24) is 14.8 Å². The first-order valence-electron chi connectivity index (χ1n) is 9.26. The van der Waals surface area contributed by atoms with E-state index in [1.807, 2.05) is 67.9 Å². The predicted molar refractivity (Wildman–Crippen MR) is 121 cm³/mol. The van der Waals surface area contributed by atoms with Crippen LogP contribution in [0.5, 0.6) is 11.5 Å². The Kier molecular flexibility index (Phi) is 7.38. The quantitative estimate of drug-likeness (QED) is 0.458. The topological polar surface area (TPSA) is 78.3 Å². The maximum atomic E-state index is 12.3. The van der Waals surface area contributed by atoms with E-state index < -0.39 is 0 Å². The fraction of sp³-hybridized carbons (Fsp3) is 0.286. The molecule has 0 spiro atoms. The van der Waals surface area contributed by atoms with Crippen LogP contribution in [-0.2, 0) is 11.8 Å². The number of methoxy groups -OCH3 is 1. The van der Waals surface area contributed by atoms with E-state index in [0.717, 1.165) is 15.7 Å². The van der Waals surface area contributed by atoms with Crippen molar-refractivity contribution >= 4 is 39.3 Å². The second kappa shape index (κ2) is 9.99. The Hall–Kier alpha value is -2.52. The second-order valence-corrected chi connectivity index (χ2v) is 8.41. The van der Waals surface area contributed by atoms with Crippen LogP contribution in [0.3, 0.4) is 0 Å². The minimum Gasteiger partial charge on any atom is -0.493 e. The molecule has 0 radical (unpaired) electrons. The highest BCUT2D eigenvalue weighted by atomic mass is 79.9. The molecule has 7 nitrogen and oxygen atoms in total. The summed E-state index contributed by atoms with van der Waals surface area (Å²) in [6, 6.07) is 13.1. The Bertz CT molecular complexity index is 1040. The summed E-state index contributed by atoms with van der Waals surface area (Å²) in [6.07, 6.45) is -0.340. The van der Waals surface area contributed by atoms with Crippen LogP contribution in [0.4, 0.5) is 5.69 Å². The van der Waals surface area contributed by atoms with E-state index in [9.17, 15) is 4.79 Å². The minimum absolute atomic E-state index is 0.107. The van der Waals surface area contributed by atoms with Crippen molar-refractivity contribution in [1.29, 1.82) is 0 Å². The van der Waals surface area contributed by atoms with Gasteiger partial charge in [0, 0.05) is 17.2 Å². The number of carbonyl (C=O) groups excluding carboxylic acids is 1. The lowest BCUT2D eigenvalue weighted by atomic mass is 10.2. The summed E-state index contributed by atoms with van der Waals surface area (Å²) in [5.74, 6) is 2.06. The van der Waals surface area contributed by atoms with Crippen molar-refractivity contribution in [2.45, 2.75) is 25.1 Å². The fourth-order valence-corrected chi connectivity index (χ4v) is 3.78. The predicted octanol–water partition coefficient (Wildman–Crippen LogP) is 4.77. The average molecular weight is 491 g/mol. The second-order valence-electron chi connectivity index (χ2n) is 6.61. The minimum atomic E-state index is -0.340. The standard InChI is InChI=1S/C21H23BrN4O3S/c1-13-11-15(9-10-16(13)22)23-19(27)12-30-21-25-24-20(26(21)3)14(2)29-18-8-6-5-7-17(18)28-4/h5-11,14H,12H2,1-4H3,(H,23,27). The number of ether oxygens (including phenoxy) is 2. The molecule has 1 atom stereocenters. The summed E-state index contributed by atoms with van der Waals surface area (Å²) in [7, 11) is 3.46. The molecule has 9 heteroatoms. The molecule has 30 heavy (non-hydrogen) atoms. The number of para-hydroxylation sites is 2. The molecular formula is C21H23BrN4O3S. The van der Waals surface area contributed by atoms with Crippen LogP contribution in [0, 0.1) is 6.92 Å². The molecule has 0 saturated heterocycles. The summed E-state index contributed by atoms with van der Waals surface area (Å²) in [5.41, 5.74) is 1.82. The SMILES string of the molecule is COc1ccccc1OC(C)c1nnc(SCC(=O)Nc2ccc(Br)c(C)c2)n1C. The number of aryl methyl sites for hydroxylation is 1. The normalized spacial score (nSPS) is 11.8. The summed E-state index contributed by atoms with van der Waals surface area (Å²) in [4.78, 5) is 12.3. The molecule has 1 N–H and O–H groups in total. The van der Waals surface area contributed by atoms with E-state index in [-0.39, 0.29) is 17.8 Å². The zero-order chi connectivity index (χ0) is 21.7. The number of hydrogen-bond donors (Lipinski definition) is 1. The lowest BCUT2D eigenvalue weighted by Crippen LogP contribution is -2.15. The Labute approximate surface area is 188 Å². The van der Waals surface area contributed by atoms with E-state index in [1.165, 1.54) is 11.8 Å². The van der Waals surface area contributed by atoms with E-state index in [0.29, 0.717) is 22.5 Å². The van der Waals surface area contributed by atoms with Gasteiger partial charge >= 0.3 is 0 Å². The van der Waals surface area contributed by atoms with Crippen molar-refractivity contribution < 1.29 is 14.3 Å². The van der Waals surface area contributed by atoms with Gasteiger partial charge < -0.3 is 19.4 Å². The summed E-state index contributed by atoms with van der Waals surface area (Å²) < 4.78 is 14.2. The van der Waals surface area contributed by atoms with Crippen molar-refractivity contribution in [3.8, 4) is 11.5 Å². The molecule has 3 rings (SSSR count). The Morgan fingerprint density at radius 3 is 2.67 bits per heavy atom. The fourth-order valence-electron chi connectivity index (χ4n) is 2.81. The van der Waals surface area contributed by atoms with Crippen molar-refractivity contribution in [3.63, 3.8) is 0 Å². The third-order valence-corrected chi connectivity index (χ3v) is 6.29. The molecule has 0 bridgehead atoms. The number of thioether (sulfide) groups is 1. The van der Waals surface area contributed by atoms with E-state index in [2.05, 4.69) is 31.4 Å². The number of aromatic nitrogens is 3. The first-order valence-corrected chi connectivity index (χ1v) is 11.0. The van der Waals surface area contributed by atoms with E-state index in [1.54, 1.807) is 7.11 Å². The number of amides is 1. The van der Waals surface area contributed by atoms with Gasteiger partial charge in [-0.15, -0.1) is 10.2 Å². The average Bonchev–Trinajstić information content (AvgIpc) is 3.10. The van der Waals surface area contributed by atoms with Gasteiger partial charge in [-0.3, -0.25) is 4.79 Å². The Morgan fingerprint density at radius 2 is 1.97 bits per heavy atom. The van der Waals surface area contributed by atoms with Crippen molar-refractivity contribution in [3.05, 3.63) is 58.3 Å². The lowest BCUT2D eigenvalue weighted by molar-refractivity contribution is -0.113. The number of anilines is 1. The van der Waals surface area contributed by atoms with Crippen LogP contribution in [0.1, 0.15) is 24.4 Å². The smallest absolute Gasteiger partial charge is 0.234 e. The van der Waals surface area contributed by atoms with Crippen LogP contribution >= 0.6 is 27.7 Å². The maximum Gasteiger partial charge on any atom is 0.234 e. The van der Waals surface area contributed by atoms with Crippen LogP contribution in [0.15, 0.2) is 52.1 Å². The molecule has 0 fully saturated rings. The Morgan fingerprint density at radius 1 is 1.23 bits per heavy atom. The molecule has 0 saturated carbocycles. The van der Waals surface area contributed by atoms with Crippen LogP contribution in [-0.4, -0.2) is 33.5 Å². The molecule has 1 amide bonds. The van der Waals surface area contributed by atoms with Gasteiger partial charge in [-0.1, -0.05) is 39.8 Å². The molecular weight excluding hydrogens is 468 g/mol. The van der Waals surface area contributed by atoms with Gasteiger partial charge in [-0.05, 0) is 49.7 Å². The summed E-state index contributed by atoms with van der Waals surface area (Å²) >= 11 is 4.78. The third kappa shape index (κ3) is 5.34. The molecule has 1 aromatic heterocycles. The summed E-state index contributed by atoms with van der Waals surface area (Å²) in [5, 5.41) is 12.0. The highest BCUT2D eigenvalue weighted by Crippen LogP contribution is 2.30. The van der Waals surface area contributed by atoms with Gasteiger partial charge in [0.2, 0.25) is 5.91 Å². The summed E-state index contributed by atoms with van der Waals surface area (Å²) in [6.45, 7) is 3.87. The van der Waals surface area contributed by atoms with Gasteiger partial charge in [-0.2, -0.15) is 0 Å². The number of halogens is 1. The van der Waals surface area contributed by atoms with Crippen LogP contribution < -0.4 is 14.8 Å². The van der Waals surface area contributed by atoms with Gasteiger partial charge in [0.15, 0.2) is 28.6 Å². The molecule has 158 valence electrons. The first kappa shape index (κ1) is 22.2. The molecule has 0 aliphatic heterocycles. The van der Waals surface area contributed by atoms with E-state index in [4.69, 9.17) is 9.47 Å². The number of benzene rings is 2. The highest BCUT2D eigenvalue weighted by Gasteiger charge is 2.19. The van der Waals surface area contributed by atoms with Gasteiger partial charge in [0.05, 0.1) is 12.9 Å². The van der Waals surface area contributed by atoms with Gasteiger partial charge in [-0.25, -0.2) is 0 Å². The van der Waals surface area contributed by atoms with Crippen molar-refractivity contribution in [2.75, 3.05) is 18.2 Å². The Balaban J connectivity index is 1.60. The lowest BCUT2D eigenvalue weighted by Gasteiger charge is -2.16. The number of nitrogens with one attached hydrogen (secondary N) is 1. The molecule has 3 aromatic rings. The number of rotatable bonds is 8. The van der Waals surface area contributed by atoms with Crippen molar-refractivity contribution in [2.24, 2.45) is 7.05 Å².